The van der Waals surface area contributed by atoms with Gasteiger partial charge in [-0.15, -0.1) is 0 Å². The fourth-order valence-electron chi connectivity index (χ4n) is 3.31. The number of carbonyl (C=O) groups is 3. The number of nitrogens with zero attached hydrogens (tertiary/aromatic N) is 2. The molecular formula is C32H44N4O5. The second-order valence-corrected chi connectivity index (χ2v) is 9.05. The number of hydrogen-bond acceptors (Lipinski definition) is 6. The van der Waals surface area contributed by atoms with Crippen molar-refractivity contribution in [3.05, 3.63) is 102 Å². The molecule has 222 valence electrons. The molecule has 1 unspecified atom stereocenters. The van der Waals surface area contributed by atoms with Gasteiger partial charge in [0.05, 0.1) is 13.3 Å². The molecule has 2 N–H and O–H groups in total. The maximum absolute atomic E-state index is 12.4. The first-order valence-corrected chi connectivity index (χ1v) is 14.0. The predicted molar refractivity (Wildman–Crippen MR) is 162 cm³/mol. The van der Waals surface area contributed by atoms with E-state index in [1.807, 2.05) is 12.2 Å². The third-order valence-corrected chi connectivity index (χ3v) is 5.64. The van der Waals surface area contributed by atoms with Crippen molar-refractivity contribution in [2.24, 2.45) is 0 Å². The first-order valence-electron chi connectivity index (χ1n) is 14.0. The largest absolute Gasteiger partial charge is 0.618 e. The third kappa shape index (κ3) is 17.1. The molecule has 0 aliphatic heterocycles. The van der Waals surface area contributed by atoms with Gasteiger partial charge in [-0.05, 0) is 44.9 Å². The molecule has 1 aromatic rings. The Bertz CT molecular complexity index is 1120. The molecule has 9 heteroatoms. The lowest BCUT2D eigenvalue weighted by molar-refractivity contribution is -0.613. The molecule has 0 aliphatic carbocycles. The van der Waals surface area contributed by atoms with Crippen molar-refractivity contribution in [1.29, 1.82) is 0 Å². The Morgan fingerprint density at radius 1 is 0.902 bits per heavy atom. The van der Waals surface area contributed by atoms with Crippen LogP contribution in [0.1, 0.15) is 74.5 Å². The van der Waals surface area contributed by atoms with Crippen LogP contribution < -0.4 is 15.4 Å². The molecule has 2 amide bonds. The van der Waals surface area contributed by atoms with Gasteiger partial charge in [0.2, 0.25) is 17.8 Å². The maximum Gasteiger partial charge on any atom is 0.330 e. The van der Waals surface area contributed by atoms with Gasteiger partial charge in [0, 0.05) is 19.9 Å². The van der Waals surface area contributed by atoms with Crippen LogP contribution in [0, 0.1) is 12.1 Å². The molecule has 0 fully saturated rings. The summed E-state index contributed by atoms with van der Waals surface area (Å²) in [6, 6.07) is -1.12. The van der Waals surface area contributed by atoms with Gasteiger partial charge in [0.1, 0.15) is 6.04 Å². The first kappa shape index (κ1) is 34.8. The van der Waals surface area contributed by atoms with Crippen molar-refractivity contribution in [1.82, 2.24) is 15.6 Å². The van der Waals surface area contributed by atoms with Gasteiger partial charge >= 0.3 is 5.97 Å². The summed E-state index contributed by atoms with van der Waals surface area (Å²) in [5.41, 5.74) is 0.175. The molecule has 1 heterocycles. The minimum atomic E-state index is -1.12. The Balaban J connectivity index is 2.23. The zero-order valence-corrected chi connectivity index (χ0v) is 24.5. The molecule has 0 saturated carbocycles. The van der Waals surface area contributed by atoms with Gasteiger partial charge in [0.15, 0.2) is 5.69 Å². The molecule has 0 radical (unpaired) electrons. The molecule has 1 aromatic heterocycles. The van der Waals surface area contributed by atoms with E-state index in [4.69, 9.17) is 4.74 Å². The fraction of sp³-hybridized carbons (Fsp3) is 0.406. The molecule has 0 saturated heterocycles. The first-order chi connectivity index (χ1) is 19.9. The molecule has 0 aromatic carbocycles. The fourth-order valence-corrected chi connectivity index (χ4v) is 3.31. The van der Waals surface area contributed by atoms with E-state index < -0.39 is 17.9 Å². The minimum Gasteiger partial charge on any atom is -0.618 e. The van der Waals surface area contributed by atoms with E-state index >= 15 is 0 Å². The summed E-state index contributed by atoms with van der Waals surface area (Å²) >= 11 is 0. The number of methoxy groups -OCH3 is 1. The van der Waals surface area contributed by atoms with Crippen molar-refractivity contribution in [3.63, 3.8) is 0 Å². The van der Waals surface area contributed by atoms with Gasteiger partial charge in [-0.2, -0.15) is 4.73 Å². The van der Waals surface area contributed by atoms with Crippen LogP contribution in [0.2, 0.25) is 0 Å². The van der Waals surface area contributed by atoms with Gasteiger partial charge in [-0.25, -0.2) is 9.78 Å². The maximum atomic E-state index is 12.4. The Labute approximate surface area is 244 Å². The molecule has 0 aliphatic rings. The number of nitrogens with one attached hydrogen (secondary N) is 2. The average molecular weight is 565 g/mol. The van der Waals surface area contributed by atoms with Crippen LogP contribution in [-0.4, -0.2) is 42.5 Å². The number of ether oxygens (including phenoxy) is 1. The van der Waals surface area contributed by atoms with E-state index in [2.05, 4.69) is 83.3 Å². The number of aryl methyl sites for hydroxylation is 1. The summed E-state index contributed by atoms with van der Waals surface area (Å²) in [6.45, 7) is 3.54. The average Bonchev–Trinajstić information content (AvgIpc) is 2.97. The Morgan fingerprint density at radius 2 is 1.41 bits per heavy atom. The lowest BCUT2D eigenvalue weighted by atomic mass is 10.2. The van der Waals surface area contributed by atoms with Crippen LogP contribution in [0.3, 0.4) is 0 Å². The van der Waals surface area contributed by atoms with Gasteiger partial charge in [0.25, 0.3) is 5.91 Å². The predicted octanol–water partition coefficient (Wildman–Crippen LogP) is 4.89. The van der Waals surface area contributed by atoms with E-state index in [9.17, 15) is 19.6 Å². The zero-order chi connectivity index (χ0) is 30.1. The van der Waals surface area contributed by atoms with Crippen molar-refractivity contribution in [3.8, 4) is 0 Å². The third-order valence-electron chi connectivity index (χ3n) is 5.64. The van der Waals surface area contributed by atoms with E-state index in [0.717, 1.165) is 44.7 Å². The Kier molecular flexibility index (Phi) is 19.1. The summed E-state index contributed by atoms with van der Waals surface area (Å²) in [6.07, 6.45) is 34.2. The number of aromatic nitrogens is 2. The molecule has 0 spiro atoms. The SMILES string of the molecule is CC/C=C\C/C=C\C/C=C\C/C=C\C/C=C\C/C=C\CCC(=O)NCC(NC(=O)c1c[n+]([O-])c(C)cn1)C(=O)OC. The molecule has 9 nitrogen and oxygen atoms in total. The highest BCUT2D eigenvalue weighted by atomic mass is 16.5. The van der Waals surface area contributed by atoms with E-state index in [1.165, 1.54) is 13.3 Å². The number of carbonyl (C=O) groups excluding carboxylic acids is 3. The van der Waals surface area contributed by atoms with Crippen LogP contribution in [0.15, 0.2) is 85.3 Å². The van der Waals surface area contributed by atoms with Crippen LogP contribution in [0.25, 0.3) is 0 Å². The number of amides is 2. The van der Waals surface area contributed by atoms with Crippen LogP contribution in [0.5, 0.6) is 0 Å². The second-order valence-electron chi connectivity index (χ2n) is 9.05. The highest BCUT2D eigenvalue weighted by Crippen LogP contribution is 1.99. The van der Waals surface area contributed by atoms with Crippen molar-refractivity contribution in [2.75, 3.05) is 13.7 Å². The Hall–Kier alpha value is -4.27. The Morgan fingerprint density at radius 3 is 1.90 bits per heavy atom. The molecule has 1 rings (SSSR count). The molecular weight excluding hydrogens is 520 g/mol. The summed E-state index contributed by atoms with van der Waals surface area (Å²) in [7, 11) is 1.18. The van der Waals surface area contributed by atoms with Crippen LogP contribution in [0.4, 0.5) is 0 Å². The van der Waals surface area contributed by atoms with Crippen molar-refractivity contribution in [2.45, 2.75) is 71.3 Å². The quantitative estimate of drug-likeness (QED) is 0.107. The highest BCUT2D eigenvalue weighted by molar-refractivity contribution is 5.95. The zero-order valence-electron chi connectivity index (χ0n) is 24.5. The number of hydrogen-bond donors (Lipinski definition) is 2. The normalized spacial score (nSPS) is 12.9. The van der Waals surface area contributed by atoms with Crippen LogP contribution >= 0.6 is 0 Å². The smallest absolute Gasteiger partial charge is 0.330 e. The van der Waals surface area contributed by atoms with Gasteiger partial charge in [-0.1, -0.05) is 79.8 Å². The standard InChI is InChI=1S/C32H44N4O5/c1-4-5-6-7-8-9-10-11-12-13-14-15-16-17-18-19-20-21-22-23-30(37)34-25-28(32(39)41-3)35-31(38)29-26-36(40)27(2)24-33-29/h5-6,8-9,11-12,14-15,17-18,20-21,24,26,28H,4,7,10,13,16,19,22-23,25H2,1-3H3,(H,34,37)(H,35,38)/b6-5-,9-8-,12-11-,15-14-,18-17-,21-20-. The van der Waals surface area contributed by atoms with E-state index in [1.54, 1.807) is 6.92 Å². The van der Waals surface area contributed by atoms with E-state index in [-0.39, 0.29) is 24.6 Å². The summed E-state index contributed by atoms with van der Waals surface area (Å²) in [4.78, 5) is 40.5. The number of esters is 1. The molecule has 41 heavy (non-hydrogen) atoms. The van der Waals surface area contributed by atoms with Crippen molar-refractivity contribution >= 4 is 17.8 Å². The lowest BCUT2D eigenvalue weighted by Gasteiger charge is -2.16. The second kappa shape index (κ2) is 22.5. The molecule has 0 bridgehead atoms. The number of allylic oxidation sites excluding steroid dienone is 12. The minimum absolute atomic E-state index is 0.149. The number of rotatable bonds is 19. The van der Waals surface area contributed by atoms with Gasteiger partial charge < -0.3 is 20.6 Å². The van der Waals surface area contributed by atoms with Crippen molar-refractivity contribution < 1.29 is 23.9 Å². The summed E-state index contributed by atoms with van der Waals surface area (Å²) in [5, 5.41) is 16.7. The monoisotopic (exact) mass is 564 g/mol. The summed E-state index contributed by atoms with van der Waals surface area (Å²) in [5.74, 6) is -1.71. The van der Waals surface area contributed by atoms with E-state index in [0.29, 0.717) is 16.8 Å². The summed E-state index contributed by atoms with van der Waals surface area (Å²) < 4.78 is 5.21. The lowest BCUT2D eigenvalue weighted by Crippen LogP contribution is -2.49. The van der Waals surface area contributed by atoms with Crippen LogP contribution in [-0.2, 0) is 14.3 Å². The topological polar surface area (TPSA) is 124 Å². The highest BCUT2D eigenvalue weighted by Gasteiger charge is 2.24. The van der Waals surface area contributed by atoms with Gasteiger partial charge in [-0.3, -0.25) is 9.59 Å². The molecule has 1 atom stereocenters.